The Kier molecular flexibility index (Phi) is 9.84. The number of unbranched alkanes of at least 4 members (excludes halogenated alkanes) is 5. The molecule has 0 bridgehead atoms. The van der Waals surface area contributed by atoms with E-state index < -0.39 is 12.1 Å². The molecule has 0 saturated carbocycles. The lowest BCUT2D eigenvalue weighted by molar-refractivity contribution is -0.138. The first-order valence-corrected chi connectivity index (χ1v) is 8.52. The number of carboxylic acid groups (broad SMARTS) is 1. The summed E-state index contributed by atoms with van der Waals surface area (Å²) in [5, 5.41) is 17.8. The fourth-order valence-electron chi connectivity index (χ4n) is 2.50. The normalized spacial score (nSPS) is 22.5. The molecule has 126 valence electrons. The van der Waals surface area contributed by atoms with Gasteiger partial charge in [-0.2, -0.15) is 0 Å². The van der Waals surface area contributed by atoms with E-state index in [9.17, 15) is 9.90 Å². The van der Waals surface area contributed by atoms with Crippen LogP contribution in [0.25, 0.3) is 0 Å². The zero-order chi connectivity index (χ0) is 16.2. The molecule has 0 spiro atoms. The Morgan fingerprint density at radius 3 is 2.59 bits per heavy atom. The molecular weight excluding hydrogens is 280 g/mol. The van der Waals surface area contributed by atoms with Crippen molar-refractivity contribution in [1.29, 1.82) is 0 Å². The molecule has 1 rings (SSSR count). The van der Waals surface area contributed by atoms with Crippen LogP contribution in [0.15, 0.2) is 24.3 Å². The highest BCUT2D eigenvalue weighted by molar-refractivity contribution is 5.67. The molecule has 2 N–H and O–H groups in total. The number of aliphatic hydroxyl groups excluding tert-OH is 1. The lowest BCUT2D eigenvalue weighted by Crippen LogP contribution is -2.09. The quantitative estimate of drug-likeness (QED) is 0.308. The number of hydrogen-bond donors (Lipinski definition) is 2. The first-order chi connectivity index (χ1) is 10.6. The van der Waals surface area contributed by atoms with Gasteiger partial charge in [-0.1, -0.05) is 69.8 Å². The van der Waals surface area contributed by atoms with Gasteiger partial charge in [0.15, 0.2) is 0 Å². The van der Waals surface area contributed by atoms with E-state index in [0.29, 0.717) is 12.2 Å². The molecule has 0 aromatic rings. The minimum Gasteiger partial charge on any atom is -0.481 e. The zero-order valence-electron chi connectivity index (χ0n) is 13.6. The summed E-state index contributed by atoms with van der Waals surface area (Å²) in [5.41, 5.74) is 0. The van der Waals surface area contributed by atoms with Crippen LogP contribution in [0, 0.1) is 0 Å². The maximum Gasteiger partial charge on any atom is 0.306 e. The van der Waals surface area contributed by atoms with E-state index in [2.05, 4.69) is 6.92 Å². The first kappa shape index (κ1) is 18.9. The number of epoxide rings is 1. The fourth-order valence-corrected chi connectivity index (χ4v) is 2.50. The zero-order valence-corrected chi connectivity index (χ0v) is 13.6. The summed E-state index contributed by atoms with van der Waals surface area (Å²) >= 11 is 0. The van der Waals surface area contributed by atoms with Crippen LogP contribution in [0.3, 0.4) is 0 Å². The molecule has 3 atom stereocenters. The number of ether oxygens (including phenoxy) is 1. The van der Waals surface area contributed by atoms with Gasteiger partial charge in [-0.25, -0.2) is 0 Å². The molecule has 4 heteroatoms. The molecule has 1 saturated heterocycles. The van der Waals surface area contributed by atoms with Crippen molar-refractivity contribution in [3.05, 3.63) is 24.3 Å². The van der Waals surface area contributed by atoms with Crippen molar-refractivity contribution in [2.24, 2.45) is 0 Å². The van der Waals surface area contributed by atoms with Gasteiger partial charge in [-0.05, 0) is 12.8 Å². The molecule has 0 amide bonds. The van der Waals surface area contributed by atoms with Gasteiger partial charge in [0.05, 0.1) is 24.7 Å². The van der Waals surface area contributed by atoms with E-state index in [0.717, 1.165) is 12.8 Å². The smallest absolute Gasteiger partial charge is 0.306 e. The van der Waals surface area contributed by atoms with E-state index >= 15 is 0 Å². The molecule has 1 heterocycles. The highest BCUT2D eigenvalue weighted by Crippen LogP contribution is 2.30. The van der Waals surface area contributed by atoms with Gasteiger partial charge in [-0.15, -0.1) is 0 Å². The molecule has 1 fully saturated rings. The Morgan fingerprint density at radius 2 is 1.86 bits per heavy atom. The van der Waals surface area contributed by atoms with Gasteiger partial charge in [-0.3, -0.25) is 4.79 Å². The average Bonchev–Trinajstić information content (AvgIpc) is 3.20. The van der Waals surface area contributed by atoms with Crippen LogP contribution < -0.4 is 0 Å². The van der Waals surface area contributed by atoms with Crippen LogP contribution >= 0.6 is 0 Å². The third kappa shape index (κ3) is 9.74. The van der Waals surface area contributed by atoms with Crippen LogP contribution in [0.2, 0.25) is 0 Å². The fraction of sp³-hybridized carbons (Fsp3) is 0.722. The third-order valence-corrected chi connectivity index (χ3v) is 3.86. The first-order valence-electron chi connectivity index (χ1n) is 8.52. The SMILES string of the molecule is CCCCCCCC[C@H]1O[C@H]1C/C=C/C=C\[C@H](O)CC(=O)O. The molecular formula is C18H30O4. The Labute approximate surface area is 133 Å². The van der Waals surface area contributed by atoms with Crippen molar-refractivity contribution in [3.8, 4) is 0 Å². The van der Waals surface area contributed by atoms with Crippen molar-refractivity contribution < 1.29 is 19.7 Å². The number of hydrogen-bond acceptors (Lipinski definition) is 3. The van der Waals surface area contributed by atoms with Crippen LogP contribution in [0.4, 0.5) is 0 Å². The summed E-state index contributed by atoms with van der Waals surface area (Å²) in [6.45, 7) is 2.23. The second-order valence-electron chi connectivity index (χ2n) is 5.98. The molecule has 1 aliphatic heterocycles. The topological polar surface area (TPSA) is 70.1 Å². The summed E-state index contributed by atoms with van der Waals surface area (Å²) in [6, 6.07) is 0. The van der Waals surface area contributed by atoms with Crippen molar-refractivity contribution in [2.75, 3.05) is 0 Å². The van der Waals surface area contributed by atoms with Crippen LogP contribution in [0.5, 0.6) is 0 Å². The molecule has 4 nitrogen and oxygen atoms in total. The lowest BCUT2D eigenvalue weighted by atomic mass is 10.1. The average molecular weight is 310 g/mol. The van der Waals surface area contributed by atoms with E-state index in [1.165, 1.54) is 44.6 Å². The predicted octanol–water partition coefficient (Wildman–Crippen LogP) is 3.84. The van der Waals surface area contributed by atoms with E-state index in [4.69, 9.17) is 9.84 Å². The maximum absolute atomic E-state index is 10.4. The maximum atomic E-state index is 10.4. The second-order valence-corrected chi connectivity index (χ2v) is 5.98. The van der Waals surface area contributed by atoms with E-state index in [-0.39, 0.29) is 6.42 Å². The summed E-state index contributed by atoms with van der Waals surface area (Å²) < 4.78 is 5.62. The van der Waals surface area contributed by atoms with Gasteiger partial charge in [0.25, 0.3) is 0 Å². The number of carbonyl (C=O) groups is 1. The molecule has 0 aliphatic carbocycles. The number of rotatable bonds is 13. The standard InChI is InChI=1S/C18H30O4/c1-2-3-4-5-6-9-12-16-17(22-16)13-10-7-8-11-15(19)14-18(20)21/h7-8,10-11,15-17,19H,2-6,9,12-14H2,1H3,(H,20,21)/b10-7+,11-8-/t15-,16+,17-/m0/s1. The molecule has 0 radical (unpaired) electrons. The molecule has 1 aliphatic rings. The molecule has 0 unspecified atom stereocenters. The molecule has 0 aromatic carbocycles. The summed E-state index contributed by atoms with van der Waals surface area (Å²) in [5.74, 6) is -0.995. The number of aliphatic hydroxyl groups is 1. The molecule has 0 aromatic heterocycles. The van der Waals surface area contributed by atoms with Crippen LogP contribution in [-0.4, -0.2) is 34.5 Å². The minimum absolute atomic E-state index is 0.254. The van der Waals surface area contributed by atoms with Gasteiger partial charge in [0, 0.05) is 0 Å². The van der Waals surface area contributed by atoms with Gasteiger partial charge >= 0.3 is 5.97 Å². The van der Waals surface area contributed by atoms with E-state index in [1.54, 1.807) is 6.08 Å². The number of carboxylic acids is 1. The number of allylic oxidation sites excluding steroid dienone is 2. The Hall–Kier alpha value is -1.13. The van der Waals surface area contributed by atoms with Crippen molar-refractivity contribution in [3.63, 3.8) is 0 Å². The third-order valence-electron chi connectivity index (χ3n) is 3.86. The Bertz CT molecular complexity index is 362. The summed E-state index contributed by atoms with van der Waals surface area (Å²) in [7, 11) is 0. The highest BCUT2D eigenvalue weighted by atomic mass is 16.6. The molecule has 22 heavy (non-hydrogen) atoms. The Balaban J connectivity index is 1.97. The summed E-state index contributed by atoms with van der Waals surface area (Å²) in [4.78, 5) is 10.4. The summed E-state index contributed by atoms with van der Waals surface area (Å²) in [6.07, 6.45) is 16.6. The highest BCUT2D eigenvalue weighted by Gasteiger charge is 2.36. The second kappa shape index (κ2) is 11.4. The Morgan fingerprint density at radius 1 is 1.14 bits per heavy atom. The number of aliphatic carboxylic acids is 1. The van der Waals surface area contributed by atoms with Gasteiger partial charge in [0.1, 0.15) is 0 Å². The monoisotopic (exact) mass is 310 g/mol. The van der Waals surface area contributed by atoms with Gasteiger partial charge < -0.3 is 14.9 Å². The van der Waals surface area contributed by atoms with Crippen molar-refractivity contribution in [2.45, 2.75) is 83.0 Å². The van der Waals surface area contributed by atoms with Crippen LogP contribution in [-0.2, 0) is 9.53 Å². The van der Waals surface area contributed by atoms with Gasteiger partial charge in [0.2, 0.25) is 0 Å². The lowest BCUT2D eigenvalue weighted by Gasteiger charge is -1.98. The minimum atomic E-state index is -0.995. The predicted molar refractivity (Wildman–Crippen MR) is 87.8 cm³/mol. The van der Waals surface area contributed by atoms with E-state index in [1.807, 2.05) is 12.2 Å². The van der Waals surface area contributed by atoms with Crippen molar-refractivity contribution in [1.82, 2.24) is 0 Å². The van der Waals surface area contributed by atoms with Crippen molar-refractivity contribution >= 4 is 5.97 Å². The largest absolute Gasteiger partial charge is 0.481 e. The van der Waals surface area contributed by atoms with Crippen LogP contribution in [0.1, 0.15) is 64.7 Å².